The van der Waals surface area contributed by atoms with Crippen LogP contribution in [-0.4, -0.2) is 17.6 Å². The van der Waals surface area contributed by atoms with Crippen molar-refractivity contribution in [3.8, 4) is 11.6 Å². The maximum absolute atomic E-state index is 5.88. The van der Waals surface area contributed by atoms with Crippen molar-refractivity contribution in [3.05, 3.63) is 53.7 Å². The minimum atomic E-state index is -0.555. The van der Waals surface area contributed by atoms with E-state index in [9.17, 15) is 0 Å². The monoisotopic (exact) mass is 267 g/mol. The van der Waals surface area contributed by atoms with E-state index in [2.05, 4.69) is 9.98 Å². The minimum absolute atomic E-state index is 0.211. The number of nitrogens with two attached hydrogens (primary N) is 1. The van der Waals surface area contributed by atoms with Gasteiger partial charge in [0.1, 0.15) is 11.3 Å². The third kappa shape index (κ3) is 1.43. The van der Waals surface area contributed by atoms with E-state index in [1.807, 2.05) is 36.4 Å². The average Bonchev–Trinajstić information content (AvgIpc) is 2.48. The molecule has 1 atom stereocenters. The fraction of sp³-hybridized carbons (Fsp3) is 0.200. The van der Waals surface area contributed by atoms with Crippen molar-refractivity contribution in [1.82, 2.24) is 4.98 Å². The fourth-order valence-electron chi connectivity index (χ4n) is 2.90. The van der Waals surface area contributed by atoms with E-state index in [1.54, 1.807) is 6.20 Å². The zero-order valence-electron chi connectivity index (χ0n) is 10.7. The van der Waals surface area contributed by atoms with Crippen LogP contribution in [0.2, 0.25) is 0 Å². The molecule has 0 bridgehead atoms. The lowest BCUT2D eigenvalue weighted by molar-refractivity contribution is 0.218. The van der Waals surface area contributed by atoms with Gasteiger partial charge in [0.05, 0.1) is 6.61 Å². The van der Waals surface area contributed by atoms with Gasteiger partial charge >= 0.3 is 0 Å². The molecule has 2 aromatic rings. The summed E-state index contributed by atoms with van der Waals surface area (Å²) in [5.41, 5.74) is 7.21. The second kappa shape index (κ2) is 3.96. The Kier molecular flexibility index (Phi) is 2.24. The van der Waals surface area contributed by atoms with Crippen LogP contribution >= 0.6 is 0 Å². The van der Waals surface area contributed by atoms with Crippen molar-refractivity contribution in [3.63, 3.8) is 0 Å². The molecule has 4 rings (SSSR count). The van der Waals surface area contributed by atoms with Gasteiger partial charge in [0.15, 0.2) is 0 Å². The number of nitrogens with zero attached hydrogens (tertiary/aromatic N) is 2. The second-order valence-corrected chi connectivity index (χ2v) is 4.86. The number of ether oxygens (including phenoxy) is 2. The second-order valence-electron chi connectivity index (χ2n) is 4.86. The third-order valence-electron chi connectivity index (χ3n) is 3.77. The molecular formula is C15H13N3O2. The van der Waals surface area contributed by atoms with Crippen molar-refractivity contribution in [2.75, 3.05) is 6.61 Å². The topological polar surface area (TPSA) is 69.7 Å². The van der Waals surface area contributed by atoms with Gasteiger partial charge in [0, 0.05) is 23.7 Å². The lowest BCUT2D eigenvalue weighted by Crippen LogP contribution is -2.38. The first-order valence-electron chi connectivity index (χ1n) is 6.50. The van der Waals surface area contributed by atoms with Crippen LogP contribution in [0, 0.1) is 0 Å². The van der Waals surface area contributed by atoms with Crippen LogP contribution in [0.4, 0.5) is 0 Å². The Hall–Kier alpha value is -2.56. The van der Waals surface area contributed by atoms with Gasteiger partial charge in [-0.3, -0.25) is 0 Å². The molecule has 0 fully saturated rings. The van der Waals surface area contributed by atoms with E-state index < -0.39 is 5.54 Å². The molecule has 1 unspecified atom stereocenters. The van der Waals surface area contributed by atoms with Gasteiger partial charge in [0.25, 0.3) is 6.02 Å². The van der Waals surface area contributed by atoms with Gasteiger partial charge in [-0.15, -0.1) is 0 Å². The molecule has 0 radical (unpaired) electrons. The van der Waals surface area contributed by atoms with Crippen molar-refractivity contribution >= 4 is 6.02 Å². The van der Waals surface area contributed by atoms with Crippen molar-refractivity contribution in [2.45, 2.75) is 12.0 Å². The molecule has 2 aliphatic heterocycles. The lowest BCUT2D eigenvalue weighted by atomic mass is 9.79. The SMILES string of the molecule is NC1=NC2(CCO1)c1ccccc1Oc1ncccc12. The Labute approximate surface area is 116 Å². The summed E-state index contributed by atoms with van der Waals surface area (Å²) >= 11 is 0. The highest BCUT2D eigenvalue weighted by molar-refractivity contribution is 5.74. The third-order valence-corrected chi connectivity index (χ3v) is 3.77. The van der Waals surface area contributed by atoms with E-state index in [0.717, 1.165) is 16.9 Å². The standard InChI is InChI=1S/C15H13N3O2/c16-14-18-15(7-9-19-14)10-4-1-2-6-12(10)20-13-11(15)5-3-8-17-13/h1-6,8H,7,9H2,(H2,16,18). The zero-order chi connectivity index (χ0) is 13.6. The number of rotatable bonds is 0. The number of pyridine rings is 1. The largest absolute Gasteiger partial charge is 0.465 e. The van der Waals surface area contributed by atoms with Crippen molar-refractivity contribution in [1.29, 1.82) is 0 Å². The Morgan fingerprint density at radius 1 is 1.10 bits per heavy atom. The van der Waals surface area contributed by atoms with Crippen LogP contribution in [0.5, 0.6) is 11.6 Å². The molecule has 1 aromatic carbocycles. The molecule has 1 aromatic heterocycles. The van der Waals surface area contributed by atoms with Gasteiger partial charge in [-0.1, -0.05) is 18.2 Å². The minimum Gasteiger partial charge on any atom is -0.465 e. The summed E-state index contributed by atoms with van der Waals surface area (Å²) in [5, 5.41) is 0. The number of amidine groups is 1. The van der Waals surface area contributed by atoms with E-state index in [1.165, 1.54) is 0 Å². The smallest absolute Gasteiger partial charge is 0.283 e. The number of aliphatic imine (C=N–C) groups is 1. The van der Waals surface area contributed by atoms with Crippen molar-refractivity contribution < 1.29 is 9.47 Å². The highest BCUT2D eigenvalue weighted by Gasteiger charge is 2.44. The van der Waals surface area contributed by atoms with E-state index >= 15 is 0 Å². The summed E-state index contributed by atoms with van der Waals surface area (Å²) in [5.74, 6) is 1.36. The first-order chi connectivity index (χ1) is 9.79. The number of para-hydroxylation sites is 1. The van der Waals surface area contributed by atoms with Crippen LogP contribution in [0.1, 0.15) is 17.5 Å². The number of benzene rings is 1. The summed E-state index contributed by atoms with van der Waals surface area (Å²) in [6.07, 6.45) is 2.43. The van der Waals surface area contributed by atoms with Gasteiger partial charge < -0.3 is 15.2 Å². The zero-order valence-corrected chi connectivity index (χ0v) is 10.7. The summed E-state index contributed by atoms with van der Waals surface area (Å²) in [6, 6.07) is 11.9. The predicted octanol–water partition coefficient (Wildman–Crippen LogP) is 2.17. The average molecular weight is 267 g/mol. The summed E-state index contributed by atoms with van der Waals surface area (Å²) < 4.78 is 11.2. The molecule has 2 aliphatic rings. The number of hydrogen-bond acceptors (Lipinski definition) is 5. The highest BCUT2D eigenvalue weighted by Crippen LogP contribution is 2.50. The number of fused-ring (bicyclic) bond motifs is 4. The molecule has 100 valence electrons. The molecule has 20 heavy (non-hydrogen) atoms. The Morgan fingerprint density at radius 2 is 1.95 bits per heavy atom. The highest BCUT2D eigenvalue weighted by atomic mass is 16.5. The van der Waals surface area contributed by atoms with Crippen LogP contribution < -0.4 is 10.5 Å². The summed E-state index contributed by atoms with van der Waals surface area (Å²) in [4.78, 5) is 8.93. The molecule has 0 saturated carbocycles. The van der Waals surface area contributed by atoms with Gasteiger partial charge in [-0.2, -0.15) is 0 Å². The van der Waals surface area contributed by atoms with E-state index in [-0.39, 0.29) is 6.02 Å². The fourth-order valence-corrected chi connectivity index (χ4v) is 2.90. The van der Waals surface area contributed by atoms with Crippen molar-refractivity contribution in [2.24, 2.45) is 10.7 Å². The Bertz CT molecular complexity index is 666. The quantitative estimate of drug-likeness (QED) is 0.794. The van der Waals surface area contributed by atoms with Gasteiger partial charge in [-0.25, -0.2) is 9.98 Å². The molecule has 5 heteroatoms. The predicted molar refractivity (Wildman–Crippen MR) is 73.7 cm³/mol. The molecule has 0 amide bonds. The van der Waals surface area contributed by atoms with Gasteiger partial charge in [0.2, 0.25) is 5.88 Å². The number of hydrogen-bond donors (Lipinski definition) is 1. The van der Waals surface area contributed by atoms with Gasteiger partial charge in [-0.05, 0) is 18.2 Å². The Morgan fingerprint density at radius 3 is 2.85 bits per heavy atom. The molecule has 0 aliphatic carbocycles. The van der Waals surface area contributed by atoms with Crippen LogP contribution in [0.3, 0.4) is 0 Å². The Balaban J connectivity index is 2.04. The summed E-state index contributed by atoms with van der Waals surface area (Å²) in [7, 11) is 0. The molecule has 5 nitrogen and oxygen atoms in total. The first-order valence-corrected chi connectivity index (χ1v) is 6.50. The molecular weight excluding hydrogens is 254 g/mol. The lowest BCUT2D eigenvalue weighted by Gasteiger charge is -2.38. The molecule has 3 heterocycles. The molecule has 2 N–H and O–H groups in total. The maximum Gasteiger partial charge on any atom is 0.283 e. The summed E-state index contributed by atoms with van der Waals surface area (Å²) in [6.45, 7) is 0.526. The first kappa shape index (κ1) is 11.3. The van der Waals surface area contributed by atoms with Crippen LogP contribution in [0.25, 0.3) is 0 Å². The number of aromatic nitrogens is 1. The van der Waals surface area contributed by atoms with Crippen LogP contribution in [0.15, 0.2) is 47.6 Å². The normalized spacial score (nSPS) is 23.1. The van der Waals surface area contributed by atoms with Crippen LogP contribution in [-0.2, 0) is 10.3 Å². The molecule has 1 spiro atoms. The molecule has 0 saturated heterocycles. The maximum atomic E-state index is 5.88. The van der Waals surface area contributed by atoms with E-state index in [0.29, 0.717) is 18.9 Å². The van der Waals surface area contributed by atoms with E-state index in [4.69, 9.17) is 15.2 Å².